The molecule has 35 heavy (non-hydrogen) atoms. The second-order valence-electron chi connectivity index (χ2n) is 8.91. The molecule has 1 aromatic heterocycles. The first-order chi connectivity index (χ1) is 17.0. The van der Waals surface area contributed by atoms with Gasteiger partial charge in [0.25, 0.3) is 11.8 Å². The van der Waals surface area contributed by atoms with Gasteiger partial charge in [-0.1, -0.05) is 31.0 Å². The number of amides is 2. The number of aryl methyl sites for hydroxylation is 1. The molecule has 0 bridgehead atoms. The average Bonchev–Trinajstić information content (AvgIpc) is 3.17. The van der Waals surface area contributed by atoms with E-state index in [0.717, 1.165) is 60.9 Å². The van der Waals surface area contributed by atoms with Crippen LogP contribution < -0.4 is 15.5 Å². The highest BCUT2D eigenvalue weighted by atomic mass is 16.5. The zero-order valence-corrected chi connectivity index (χ0v) is 20.0. The van der Waals surface area contributed by atoms with E-state index in [1.165, 1.54) is 0 Å². The van der Waals surface area contributed by atoms with Crippen molar-refractivity contribution in [2.45, 2.75) is 45.3 Å². The van der Waals surface area contributed by atoms with Gasteiger partial charge in [-0.05, 0) is 69.3 Å². The number of benzene rings is 2. The number of fused-ring (bicyclic) bond motifs is 1. The van der Waals surface area contributed by atoms with E-state index in [9.17, 15) is 9.59 Å². The average molecular weight is 477 g/mol. The number of nitrogens with one attached hydrogen (secondary N) is 2. The Morgan fingerprint density at radius 1 is 1.06 bits per heavy atom. The molecule has 0 saturated carbocycles. The Morgan fingerprint density at radius 2 is 1.77 bits per heavy atom. The molecule has 2 heterocycles. The number of likely N-dealkylation sites (tertiary alicyclic amines) is 1. The van der Waals surface area contributed by atoms with Gasteiger partial charge in [0.1, 0.15) is 18.4 Å². The Kier molecular flexibility index (Phi) is 8.28. The zero-order chi connectivity index (χ0) is 24.6. The number of pyridine rings is 1. The molecule has 0 aliphatic carbocycles. The lowest BCUT2D eigenvalue weighted by molar-refractivity contribution is -0.134. The predicted octanol–water partition coefficient (Wildman–Crippen LogP) is 3.60. The SMILES string of the molecule is Cc1cc(COc2ccc(C(=O)NC[C@H](C(=O)NO)N3CCCCCC3)cc2)c2ccccc2n1. The molecular formula is C27H32N4O4. The molecule has 8 heteroatoms. The van der Waals surface area contributed by atoms with Crippen LogP contribution >= 0.6 is 0 Å². The maximum Gasteiger partial charge on any atom is 0.262 e. The number of carbonyl (C=O) groups excluding carboxylic acids is 2. The molecule has 3 aromatic rings. The van der Waals surface area contributed by atoms with Gasteiger partial charge in [0, 0.05) is 28.8 Å². The number of ether oxygens (including phenoxy) is 1. The monoisotopic (exact) mass is 476 g/mol. The maximum atomic E-state index is 12.7. The normalized spacial score (nSPS) is 15.3. The van der Waals surface area contributed by atoms with Crippen LogP contribution in [-0.4, -0.2) is 52.6 Å². The summed E-state index contributed by atoms with van der Waals surface area (Å²) < 4.78 is 5.98. The molecule has 8 nitrogen and oxygen atoms in total. The van der Waals surface area contributed by atoms with Crippen LogP contribution in [0.25, 0.3) is 10.9 Å². The highest BCUT2D eigenvalue weighted by Gasteiger charge is 2.27. The highest BCUT2D eigenvalue weighted by Crippen LogP contribution is 2.21. The van der Waals surface area contributed by atoms with Crippen molar-refractivity contribution in [1.82, 2.24) is 20.7 Å². The minimum absolute atomic E-state index is 0.123. The van der Waals surface area contributed by atoms with Crippen molar-refractivity contribution >= 4 is 22.7 Å². The molecule has 1 fully saturated rings. The lowest BCUT2D eigenvalue weighted by Crippen LogP contribution is -2.52. The van der Waals surface area contributed by atoms with Crippen LogP contribution in [0.5, 0.6) is 5.75 Å². The van der Waals surface area contributed by atoms with Crippen LogP contribution in [-0.2, 0) is 11.4 Å². The van der Waals surface area contributed by atoms with Crippen LogP contribution in [0.3, 0.4) is 0 Å². The molecule has 1 saturated heterocycles. The molecular weight excluding hydrogens is 444 g/mol. The number of para-hydroxylation sites is 1. The molecule has 2 aromatic carbocycles. The van der Waals surface area contributed by atoms with Crippen LogP contribution in [0, 0.1) is 6.92 Å². The Bertz CT molecular complexity index is 1160. The minimum atomic E-state index is -0.608. The number of carbonyl (C=O) groups is 2. The predicted molar refractivity (Wildman–Crippen MR) is 133 cm³/mol. The number of hydrogen-bond donors (Lipinski definition) is 3. The maximum absolute atomic E-state index is 12.7. The standard InChI is InChI=1S/C27H32N4O4/c1-19-16-21(23-8-4-5-9-24(23)29-19)18-35-22-12-10-20(11-13-22)26(32)28-17-25(27(33)30-34)31-14-6-2-3-7-15-31/h4-5,8-13,16,25,34H,2-3,6-7,14-15,17-18H2,1H3,(H,28,32)(H,30,33)/t25-/m1/s1. The Morgan fingerprint density at radius 3 is 2.49 bits per heavy atom. The molecule has 184 valence electrons. The quantitative estimate of drug-likeness (QED) is 0.339. The van der Waals surface area contributed by atoms with E-state index in [0.29, 0.717) is 17.9 Å². The number of hydrogen-bond acceptors (Lipinski definition) is 6. The summed E-state index contributed by atoms with van der Waals surface area (Å²) >= 11 is 0. The van der Waals surface area contributed by atoms with Crippen LogP contribution in [0.4, 0.5) is 0 Å². The summed E-state index contributed by atoms with van der Waals surface area (Å²) in [7, 11) is 0. The lowest BCUT2D eigenvalue weighted by atomic mass is 10.1. The molecule has 2 amide bonds. The summed E-state index contributed by atoms with van der Waals surface area (Å²) in [6.45, 7) is 4.02. The Balaban J connectivity index is 1.36. The van der Waals surface area contributed by atoms with Crippen molar-refractivity contribution in [1.29, 1.82) is 0 Å². The van der Waals surface area contributed by atoms with Gasteiger partial charge < -0.3 is 10.1 Å². The fourth-order valence-electron chi connectivity index (χ4n) is 4.54. The van der Waals surface area contributed by atoms with Crippen molar-refractivity contribution in [2.24, 2.45) is 0 Å². The topological polar surface area (TPSA) is 104 Å². The third kappa shape index (κ3) is 6.35. The molecule has 3 N–H and O–H groups in total. The molecule has 1 aliphatic rings. The van der Waals surface area contributed by atoms with Gasteiger partial charge >= 0.3 is 0 Å². The van der Waals surface area contributed by atoms with Crippen molar-refractivity contribution in [3.8, 4) is 5.75 Å². The van der Waals surface area contributed by atoms with Gasteiger partial charge in [0.2, 0.25) is 0 Å². The van der Waals surface area contributed by atoms with E-state index in [-0.39, 0.29) is 12.5 Å². The van der Waals surface area contributed by atoms with Crippen molar-refractivity contribution in [3.05, 3.63) is 71.4 Å². The van der Waals surface area contributed by atoms with Crippen LogP contribution in [0.2, 0.25) is 0 Å². The summed E-state index contributed by atoms with van der Waals surface area (Å²) in [6.07, 6.45) is 4.25. The van der Waals surface area contributed by atoms with E-state index in [2.05, 4.69) is 10.3 Å². The molecule has 1 atom stereocenters. The second kappa shape index (κ2) is 11.8. The first kappa shape index (κ1) is 24.6. The number of nitrogens with zero attached hydrogens (tertiary/aromatic N) is 2. The minimum Gasteiger partial charge on any atom is -0.489 e. The van der Waals surface area contributed by atoms with Gasteiger partial charge in [-0.15, -0.1) is 0 Å². The third-order valence-electron chi connectivity index (χ3n) is 6.39. The van der Waals surface area contributed by atoms with E-state index in [4.69, 9.17) is 9.94 Å². The summed E-state index contributed by atoms with van der Waals surface area (Å²) in [4.78, 5) is 31.5. The highest BCUT2D eigenvalue weighted by molar-refractivity contribution is 5.94. The van der Waals surface area contributed by atoms with Gasteiger partial charge in [0.05, 0.1) is 5.52 Å². The molecule has 0 spiro atoms. The summed E-state index contributed by atoms with van der Waals surface area (Å²) in [6, 6.07) is 16.3. The third-order valence-corrected chi connectivity index (χ3v) is 6.39. The summed E-state index contributed by atoms with van der Waals surface area (Å²) in [5.41, 5.74) is 5.14. The van der Waals surface area contributed by atoms with Crippen molar-refractivity contribution in [3.63, 3.8) is 0 Å². The van der Waals surface area contributed by atoms with Crippen molar-refractivity contribution in [2.75, 3.05) is 19.6 Å². The van der Waals surface area contributed by atoms with Gasteiger partial charge in [-0.25, -0.2) is 5.48 Å². The van der Waals surface area contributed by atoms with Gasteiger partial charge in [0.15, 0.2) is 0 Å². The fourth-order valence-corrected chi connectivity index (χ4v) is 4.54. The van der Waals surface area contributed by atoms with Crippen LogP contribution in [0.1, 0.15) is 47.3 Å². The van der Waals surface area contributed by atoms with Gasteiger partial charge in [-0.3, -0.25) is 24.7 Å². The second-order valence-corrected chi connectivity index (χ2v) is 8.91. The van der Waals surface area contributed by atoms with E-state index in [1.807, 2.05) is 42.2 Å². The number of hydroxylamine groups is 1. The largest absolute Gasteiger partial charge is 0.489 e. The Labute approximate surface area is 205 Å². The zero-order valence-electron chi connectivity index (χ0n) is 20.0. The van der Waals surface area contributed by atoms with E-state index in [1.54, 1.807) is 29.7 Å². The smallest absolute Gasteiger partial charge is 0.262 e. The molecule has 4 rings (SSSR count). The molecule has 0 radical (unpaired) electrons. The van der Waals surface area contributed by atoms with Crippen molar-refractivity contribution < 1.29 is 19.5 Å². The molecule has 0 unspecified atom stereocenters. The number of rotatable bonds is 8. The van der Waals surface area contributed by atoms with Gasteiger partial charge in [-0.2, -0.15) is 0 Å². The fraction of sp³-hybridized carbons (Fsp3) is 0.370. The van der Waals surface area contributed by atoms with Crippen LogP contribution in [0.15, 0.2) is 54.6 Å². The number of aromatic nitrogens is 1. The summed E-state index contributed by atoms with van der Waals surface area (Å²) in [5, 5.41) is 13.1. The van der Waals surface area contributed by atoms with E-state index < -0.39 is 11.9 Å². The lowest BCUT2D eigenvalue weighted by Gasteiger charge is -2.28. The first-order valence-electron chi connectivity index (χ1n) is 12.1. The molecule has 1 aliphatic heterocycles. The summed E-state index contributed by atoms with van der Waals surface area (Å²) in [5.74, 6) is -0.130. The van der Waals surface area contributed by atoms with E-state index >= 15 is 0 Å². The first-order valence-corrected chi connectivity index (χ1v) is 12.1. The Hall–Kier alpha value is -3.49.